The summed E-state index contributed by atoms with van der Waals surface area (Å²) in [5.41, 5.74) is 0. The maximum Gasteiger partial charge on any atom is 0.150 e. The second-order valence-corrected chi connectivity index (χ2v) is 4.20. The lowest BCUT2D eigenvalue weighted by Crippen LogP contribution is -2.20. The van der Waals surface area contributed by atoms with Gasteiger partial charge in [-0.05, 0) is 12.1 Å². The summed E-state index contributed by atoms with van der Waals surface area (Å²) in [6.45, 7) is 2.39. The van der Waals surface area contributed by atoms with Gasteiger partial charge in [-0.3, -0.25) is 0 Å². The minimum Gasteiger partial charge on any atom is -0.235 e. The van der Waals surface area contributed by atoms with Crippen LogP contribution in [0.25, 0.3) is 0 Å². The molecule has 1 rings (SSSR count). The minimum atomic E-state index is -0.776. The van der Waals surface area contributed by atoms with Gasteiger partial charge in [-0.15, -0.1) is 0 Å². The van der Waals surface area contributed by atoms with Gasteiger partial charge in [-0.25, -0.2) is 5.09 Å². The van der Waals surface area contributed by atoms with Crippen LogP contribution in [0.3, 0.4) is 0 Å². The molecule has 0 fully saturated rings. The molecule has 0 aliphatic rings. The van der Waals surface area contributed by atoms with Crippen molar-refractivity contribution in [2.75, 3.05) is 13.7 Å². The van der Waals surface area contributed by atoms with E-state index in [0.29, 0.717) is 7.57 Å². The van der Waals surface area contributed by atoms with Gasteiger partial charge in [0.1, 0.15) is 7.57 Å². The third-order valence-corrected chi connectivity index (χ3v) is 3.22. The van der Waals surface area contributed by atoms with Gasteiger partial charge in [0.25, 0.3) is 0 Å². The molecule has 0 bridgehead atoms. The van der Waals surface area contributed by atoms with E-state index >= 15 is 0 Å². The van der Waals surface area contributed by atoms with Gasteiger partial charge in [-0.2, -0.15) is 0 Å². The third-order valence-electron chi connectivity index (χ3n) is 1.48. The van der Waals surface area contributed by atoms with Crippen molar-refractivity contribution in [2.24, 2.45) is 0 Å². The van der Waals surface area contributed by atoms with E-state index in [1.165, 1.54) is 0 Å². The normalized spacial score (nSPS) is 15.9. The molecule has 1 aromatic rings. The van der Waals surface area contributed by atoms with E-state index in [-0.39, 0.29) is 0 Å². The second kappa shape index (κ2) is 3.38. The quantitative estimate of drug-likeness (QED) is 0.495. The van der Waals surface area contributed by atoms with Crippen molar-refractivity contribution in [1.82, 2.24) is 5.09 Å². The Labute approximate surface area is 70.0 Å². The molecule has 1 unspecified atom stereocenters. The van der Waals surface area contributed by atoms with Crippen LogP contribution in [0.5, 0.6) is 0 Å². The summed E-state index contributed by atoms with van der Waals surface area (Å²) in [4.78, 5) is 0. The molecule has 1 N–H and O–H groups in total. The fourth-order valence-electron chi connectivity index (χ4n) is 0.781. The Balaban J connectivity index is 2.93. The summed E-state index contributed by atoms with van der Waals surface area (Å²) in [5, 5.41) is 5.02. The van der Waals surface area contributed by atoms with Crippen LogP contribution in [0, 0.1) is 0 Å². The lowest BCUT2D eigenvalue weighted by atomic mass is 10.4. The Hall–Kier alpha value is -0.325. The Kier molecular flexibility index (Phi) is 2.70. The van der Waals surface area contributed by atoms with Crippen LogP contribution in [-0.4, -0.2) is 21.3 Å². The molecule has 0 aliphatic heterocycles. The van der Waals surface area contributed by atoms with Crippen molar-refractivity contribution in [3.05, 3.63) is 30.3 Å². The standard InChI is InChI=1S/C8H15BNP/c1-10-11(2,9)8-6-4-3-5-7-8/h3-7,10H,1-2,9H3. The van der Waals surface area contributed by atoms with Crippen molar-refractivity contribution in [2.45, 2.75) is 0 Å². The smallest absolute Gasteiger partial charge is 0.150 e. The lowest BCUT2D eigenvalue weighted by Gasteiger charge is -2.22. The van der Waals surface area contributed by atoms with Crippen LogP contribution in [-0.2, 0) is 0 Å². The van der Waals surface area contributed by atoms with Crippen LogP contribution >= 0.6 is 7.29 Å². The molecule has 0 amide bonds. The largest absolute Gasteiger partial charge is 0.235 e. The molecule has 1 aromatic carbocycles. The summed E-state index contributed by atoms with van der Waals surface area (Å²) in [6.07, 6.45) is 0. The molecule has 3 heteroatoms. The molecule has 1 nitrogen and oxygen atoms in total. The van der Waals surface area contributed by atoms with E-state index in [1.807, 2.05) is 0 Å². The lowest BCUT2D eigenvalue weighted by molar-refractivity contribution is 1.27. The van der Waals surface area contributed by atoms with Crippen molar-refractivity contribution < 1.29 is 0 Å². The van der Waals surface area contributed by atoms with Gasteiger partial charge in [0.05, 0.1) is 5.30 Å². The van der Waals surface area contributed by atoms with Crippen molar-refractivity contribution >= 4 is 20.2 Å². The molecule has 0 radical (unpaired) electrons. The first-order chi connectivity index (χ1) is 5.17. The Morgan fingerprint density at radius 2 is 1.82 bits per heavy atom. The number of benzene rings is 1. The molecular formula is C8H15BNP. The van der Waals surface area contributed by atoms with Gasteiger partial charge in [-0.1, -0.05) is 25.5 Å². The Morgan fingerprint density at radius 1 is 1.27 bits per heavy atom. The van der Waals surface area contributed by atoms with E-state index in [1.54, 1.807) is 5.30 Å². The highest BCUT2D eigenvalue weighted by molar-refractivity contribution is 8.01. The molecule has 0 spiro atoms. The first-order valence-corrected chi connectivity index (χ1v) is 5.09. The number of nitrogens with one attached hydrogen (secondary N) is 1. The average molecular weight is 167 g/mol. The molecule has 0 heterocycles. The van der Waals surface area contributed by atoms with Crippen LogP contribution in [0.15, 0.2) is 30.3 Å². The maximum absolute atomic E-state index is 3.48. The monoisotopic (exact) mass is 167 g/mol. The van der Waals surface area contributed by atoms with Crippen LogP contribution < -0.4 is 10.4 Å². The summed E-state index contributed by atoms with van der Waals surface area (Å²) in [5.74, 6) is 0. The predicted molar refractivity (Wildman–Crippen MR) is 57.9 cm³/mol. The maximum atomic E-state index is 3.48. The van der Waals surface area contributed by atoms with E-state index in [0.717, 1.165) is 0 Å². The zero-order valence-electron chi connectivity index (χ0n) is 6.33. The number of hydrogen-bond donors (Lipinski definition) is 1. The molecule has 1 atom stereocenters. The highest BCUT2D eigenvalue weighted by atomic mass is 31.2. The van der Waals surface area contributed by atoms with E-state index < -0.39 is 7.29 Å². The van der Waals surface area contributed by atoms with Gasteiger partial charge in [0.2, 0.25) is 0 Å². The van der Waals surface area contributed by atoms with Crippen LogP contribution in [0.2, 0.25) is 0 Å². The molecule has 60 valence electrons. The molecule has 0 aromatic heterocycles. The molecule has 0 saturated carbocycles. The molecule has 0 saturated heterocycles. The summed E-state index contributed by atoms with van der Waals surface area (Å²) >= 11 is 0. The topological polar surface area (TPSA) is 12.0 Å². The summed E-state index contributed by atoms with van der Waals surface area (Å²) in [6, 6.07) is 10.8. The third kappa shape index (κ3) is 2.05. The zero-order valence-corrected chi connectivity index (χ0v) is 7.23. The fourth-order valence-corrected chi connectivity index (χ4v) is 1.66. The molecule has 11 heavy (non-hydrogen) atoms. The van der Waals surface area contributed by atoms with Crippen molar-refractivity contribution in [3.63, 3.8) is 0 Å². The fraction of sp³-hybridized carbons (Fsp3) is 0.250. The second-order valence-electron chi connectivity index (χ2n) is 2.12. The van der Waals surface area contributed by atoms with Crippen molar-refractivity contribution in [3.8, 4) is 0 Å². The highest BCUT2D eigenvalue weighted by Gasteiger charge is 2.17. The summed E-state index contributed by atoms with van der Waals surface area (Å²) < 4.78 is 0. The zero-order chi connectivity index (χ0) is 8.32. The number of rotatable bonds is 2. The predicted octanol–water partition coefficient (Wildman–Crippen LogP) is 0.374. The Bertz CT molecular complexity index is 223. The van der Waals surface area contributed by atoms with Crippen molar-refractivity contribution in [1.29, 1.82) is 0 Å². The number of hydrogen-bond acceptors (Lipinski definition) is 1. The van der Waals surface area contributed by atoms with Gasteiger partial charge in [0, 0.05) is 13.7 Å². The van der Waals surface area contributed by atoms with Crippen LogP contribution in [0.1, 0.15) is 0 Å². The highest BCUT2D eigenvalue weighted by Crippen LogP contribution is 2.42. The van der Waals surface area contributed by atoms with Gasteiger partial charge in [0.15, 0.2) is 0 Å². The average Bonchev–Trinajstić information content (AvgIpc) is 2.06. The van der Waals surface area contributed by atoms with E-state index in [9.17, 15) is 0 Å². The van der Waals surface area contributed by atoms with Gasteiger partial charge < -0.3 is 0 Å². The molecular weight excluding hydrogens is 152 g/mol. The van der Waals surface area contributed by atoms with E-state index in [4.69, 9.17) is 0 Å². The Morgan fingerprint density at radius 3 is 2.27 bits per heavy atom. The molecule has 0 aliphatic carbocycles. The minimum absolute atomic E-state index is 0.401. The SMILES string of the molecule is [BH3-][P+](C)(NC)c1ccccc1. The first kappa shape index (κ1) is 8.77. The van der Waals surface area contributed by atoms with Crippen LogP contribution in [0.4, 0.5) is 0 Å². The summed E-state index contributed by atoms with van der Waals surface area (Å²) in [7, 11) is 1.72. The first-order valence-electron chi connectivity index (χ1n) is 3.31. The van der Waals surface area contributed by atoms with Gasteiger partial charge >= 0.3 is 0 Å². The van der Waals surface area contributed by atoms with E-state index in [2.05, 4.69) is 49.1 Å².